The molecule has 0 spiro atoms. The molecule has 1 fully saturated rings. The molecule has 1 aliphatic heterocycles. The van der Waals surface area contributed by atoms with Crippen molar-refractivity contribution in [3.63, 3.8) is 0 Å². The molecule has 0 bridgehead atoms. The maximum absolute atomic E-state index is 12.6. The number of carbonyl (C=O) groups excluding carboxylic acids is 4. The Hall–Kier alpha value is -2.94. The van der Waals surface area contributed by atoms with E-state index < -0.39 is 41.6 Å². The average molecular weight is 406 g/mol. The highest BCUT2D eigenvalue weighted by molar-refractivity contribution is 6.01. The van der Waals surface area contributed by atoms with Crippen molar-refractivity contribution < 1.29 is 33.5 Å². The fourth-order valence-corrected chi connectivity index (χ4v) is 2.69. The van der Waals surface area contributed by atoms with E-state index in [-0.39, 0.29) is 19.4 Å². The van der Waals surface area contributed by atoms with Gasteiger partial charge in [0.15, 0.2) is 6.04 Å². The molecular weight excluding hydrogens is 380 g/mol. The van der Waals surface area contributed by atoms with Gasteiger partial charge in [0.2, 0.25) is 0 Å². The lowest BCUT2D eigenvalue weighted by molar-refractivity contribution is -0.202. The van der Waals surface area contributed by atoms with E-state index in [9.17, 15) is 19.2 Å². The number of imide groups is 1. The minimum absolute atomic E-state index is 0.00600. The van der Waals surface area contributed by atoms with Gasteiger partial charge in [-0.15, -0.1) is 5.06 Å². The van der Waals surface area contributed by atoms with Gasteiger partial charge in [-0.1, -0.05) is 30.3 Å². The zero-order chi connectivity index (χ0) is 21.6. The van der Waals surface area contributed by atoms with Gasteiger partial charge in [-0.25, -0.2) is 9.59 Å². The van der Waals surface area contributed by atoms with Gasteiger partial charge in [0.05, 0.1) is 11.7 Å². The number of hydrogen-bond donors (Lipinski definition) is 1. The van der Waals surface area contributed by atoms with Crippen LogP contribution in [-0.4, -0.2) is 46.7 Å². The molecule has 2 atom stereocenters. The molecule has 0 radical (unpaired) electrons. The summed E-state index contributed by atoms with van der Waals surface area (Å²) in [6, 6.07) is 7.73. The van der Waals surface area contributed by atoms with Gasteiger partial charge in [0, 0.05) is 12.8 Å². The third-order valence-electron chi connectivity index (χ3n) is 3.94. The third-order valence-corrected chi connectivity index (χ3v) is 3.94. The largest absolute Gasteiger partial charge is 0.445 e. The molecule has 9 heteroatoms. The first-order valence-electron chi connectivity index (χ1n) is 9.29. The molecule has 2 rings (SSSR count). The molecule has 0 saturated carbocycles. The van der Waals surface area contributed by atoms with Gasteiger partial charge in [-0.05, 0) is 33.3 Å². The lowest BCUT2D eigenvalue weighted by Crippen LogP contribution is -2.53. The van der Waals surface area contributed by atoms with E-state index in [0.717, 1.165) is 5.56 Å². The second-order valence-corrected chi connectivity index (χ2v) is 7.61. The smallest absolute Gasteiger partial charge is 0.408 e. The van der Waals surface area contributed by atoms with Gasteiger partial charge < -0.3 is 19.6 Å². The van der Waals surface area contributed by atoms with Gasteiger partial charge in [-0.2, -0.15) is 0 Å². The summed E-state index contributed by atoms with van der Waals surface area (Å²) in [5.41, 5.74) is 0.154. The van der Waals surface area contributed by atoms with Crippen molar-refractivity contribution in [3.8, 4) is 0 Å². The van der Waals surface area contributed by atoms with Crippen LogP contribution in [0.3, 0.4) is 0 Å². The Bertz CT molecular complexity index is 742. The zero-order valence-corrected chi connectivity index (χ0v) is 17.0. The number of amides is 3. The highest BCUT2D eigenvalue weighted by Crippen LogP contribution is 2.17. The van der Waals surface area contributed by atoms with Crippen LogP contribution in [0, 0.1) is 0 Å². The summed E-state index contributed by atoms with van der Waals surface area (Å²) in [4.78, 5) is 53.2. The first-order valence-corrected chi connectivity index (χ1v) is 9.29. The van der Waals surface area contributed by atoms with E-state index in [4.69, 9.17) is 14.3 Å². The van der Waals surface area contributed by atoms with Gasteiger partial charge in [-0.3, -0.25) is 9.59 Å². The molecule has 1 saturated heterocycles. The second-order valence-electron chi connectivity index (χ2n) is 7.61. The van der Waals surface area contributed by atoms with Gasteiger partial charge >= 0.3 is 12.1 Å². The van der Waals surface area contributed by atoms with Crippen LogP contribution in [-0.2, 0) is 35.3 Å². The molecule has 3 amide bonds. The molecule has 1 aromatic rings. The summed E-state index contributed by atoms with van der Waals surface area (Å²) >= 11 is 0. The summed E-state index contributed by atoms with van der Waals surface area (Å²) in [5.74, 6) is -2.22. The molecule has 1 aliphatic rings. The first kappa shape index (κ1) is 22.4. The van der Waals surface area contributed by atoms with Crippen LogP contribution in [0.4, 0.5) is 4.79 Å². The number of hydrogen-bond acceptors (Lipinski definition) is 7. The van der Waals surface area contributed by atoms with Crippen molar-refractivity contribution in [2.24, 2.45) is 0 Å². The van der Waals surface area contributed by atoms with E-state index in [1.165, 1.54) is 0 Å². The molecule has 0 aromatic heterocycles. The van der Waals surface area contributed by atoms with Crippen LogP contribution in [0.1, 0.15) is 46.1 Å². The Balaban J connectivity index is 2.05. The van der Waals surface area contributed by atoms with E-state index in [2.05, 4.69) is 5.32 Å². The molecule has 1 unspecified atom stereocenters. The highest BCUT2D eigenvalue weighted by Gasteiger charge is 2.38. The Morgan fingerprint density at radius 2 is 1.69 bits per heavy atom. The van der Waals surface area contributed by atoms with Crippen molar-refractivity contribution >= 4 is 23.9 Å². The fourth-order valence-electron chi connectivity index (χ4n) is 2.69. The summed E-state index contributed by atoms with van der Waals surface area (Å²) in [6.45, 7) is 6.93. The number of hydroxylamine groups is 2. The third kappa shape index (κ3) is 6.86. The van der Waals surface area contributed by atoms with Crippen LogP contribution in [0.15, 0.2) is 30.3 Å². The lowest BCUT2D eigenvalue weighted by Gasteiger charge is -2.30. The number of alkyl carbamates (subject to hydrolysis) is 1. The van der Waals surface area contributed by atoms with Crippen LogP contribution in [0.25, 0.3) is 0 Å². The standard InChI is InChI=1S/C20H26N2O7/c1-13(28-20(2,3)4)17(18(25)29-22-15(23)10-11-16(22)24)21-19(26)27-12-14-8-6-5-7-9-14/h5-9,13,17H,10-12H2,1-4H3,(H,21,26)/t13?,17-/m1/s1. The highest BCUT2D eigenvalue weighted by atomic mass is 16.7. The summed E-state index contributed by atoms with van der Waals surface area (Å²) in [6.07, 6.45) is -1.74. The van der Waals surface area contributed by atoms with Crippen molar-refractivity contribution in [1.29, 1.82) is 0 Å². The molecule has 1 N–H and O–H groups in total. The van der Waals surface area contributed by atoms with Crippen LogP contribution >= 0.6 is 0 Å². The normalized spacial score (nSPS) is 16.3. The molecule has 1 heterocycles. The molecule has 158 valence electrons. The number of nitrogens with zero attached hydrogens (tertiary/aromatic N) is 1. The van der Waals surface area contributed by atoms with Crippen LogP contribution in [0.2, 0.25) is 0 Å². The molecular formula is C20H26N2O7. The monoisotopic (exact) mass is 406 g/mol. The average Bonchev–Trinajstić information content (AvgIpc) is 2.95. The maximum atomic E-state index is 12.6. The minimum Gasteiger partial charge on any atom is -0.445 e. The zero-order valence-electron chi connectivity index (χ0n) is 17.0. The Morgan fingerprint density at radius 3 is 2.24 bits per heavy atom. The van der Waals surface area contributed by atoms with Crippen molar-refractivity contribution in [3.05, 3.63) is 35.9 Å². The summed E-state index contributed by atoms with van der Waals surface area (Å²) < 4.78 is 10.9. The number of benzene rings is 1. The topological polar surface area (TPSA) is 111 Å². The minimum atomic E-state index is -1.29. The Labute approximate surface area is 169 Å². The van der Waals surface area contributed by atoms with E-state index in [1.807, 2.05) is 6.07 Å². The van der Waals surface area contributed by atoms with E-state index >= 15 is 0 Å². The first-order chi connectivity index (χ1) is 13.6. The number of ether oxygens (including phenoxy) is 2. The quantitative estimate of drug-likeness (QED) is 0.690. The Morgan fingerprint density at radius 1 is 1.10 bits per heavy atom. The predicted octanol–water partition coefficient (Wildman–Crippen LogP) is 2.09. The SMILES string of the molecule is CC(OC(C)(C)C)[C@@H](NC(=O)OCc1ccccc1)C(=O)ON1C(=O)CCC1=O. The second kappa shape index (κ2) is 9.51. The molecule has 9 nitrogen and oxygen atoms in total. The fraction of sp³-hybridized carbons (Fsp3) is 0.500. The number of nitrogens with one attached hydrogen (secondary N) is 1. The lowest BCUT2D eigenvalue weighted by atomic mass is 10.1. The van der Waals surface area contributed by atoms with Gasteiger partial charge in [0.25, 0.3) is 11.8 Å². The number of carbonyl (C=O) groups is 4. The van der Waals surface area contributed by atoms with Crippen molar-refractivity contribution in [1.82, 2.24) is 10.4 Å². The molecule has 29 heavy (non-hydrogen) atoms. The predicted molar refractivity (Wildman–Crippen MR) is 101 cm³/mol. The Kier molecular flexibility index (Phi) is 7.33. The van der Waals surface area contributed by atoms with Crippen molar-refractivity contribution in [2.75, 3.05) is 0 Å². The summed E-state index contributed by atoms with van der Waals surface area (Å²) in [7, 11) is 0. The van der Waals surface area contributed by atoms with Crippen molar-refractivity contribution in [2.45, 2.75) is 64.9 Å². The maximum Gasteiger partial charge on any atom is 0.408 e. The molecule has 1 aromatic carbocycles. The number of rotatable bonds is 7. The summed E-state index contributed by atoms with van der Waals surface area (Å²) in [5, 5.41) is 2.83. The van der Waals surface area contributed by atoms with Gasteiger partial charge in [0.1, 0.15) is 6.61 Å². The van der Waals surface area contributed by atoms with E-state index in [1.54, 1.807) is 52.0 Å². The molecule has 0 aliphatic carbocycles. The van der Waals surface area contributed by atoms with E-state index in [0.29, 0.717) is 5.06 Å². The van der Waals surface area contributed by atoms with Crippen LogP contribution < -0.4 is 5.32 Å². The van der Waals surface area contributed by atoms with Crippen LogP contribution in [0.5, 0.6) is 0 Å².